The number of furan rings is 1. The van der Waals surface area contributed by atoms with Crippen LogP contribution in [0.2, 0.25) is 0 Å². The van der Waals surface area contributed by atoms with Gasteiger partial charge in [0, 0.05) is 19.2 Å². The lowest BCUT2D eigenvalue weighted by Gasteiger charge is -2.16. The number of benzene rings is 2. The predicted molar refractivity (Wildman–Crippen MR) is 126 cm³/mol. The molecule has 0 saturated carbocycles. The first-order valence-corrected chi connectivity index (χ1v) is 12.4. The van der Waals surface area contributed by atoms with Crippen LogP contribution in [-0.2, 0) is 23.1 Å². The van der Waals surface area contributed by atoms with E-state index in [1.807, 2.05) is 29.7 Å². The van der Waals surface area contributed by atoms with Gasteiger partial charge < -0.3 is 13.7 Å². The summed E-state index contributed by atoms with van der Waals surface area (Å²) in [6.07, 6.45) is 1.49. The number of hydrogen-bond donors (Lipinski definition) is 0. The third-order valence-electron chi connectivity index (χ3n) is 5.17. The van der Waals surface area contributed by atoms with Gasteiger partial charge in [0.1, 0.15) is 17.0 Å². The van der Waals surface area contributed by atoms with Crippen LogP contribution < -0.4 is 9.54 Å². The van der Waals surface area contributed by atoms with Crippen molar-refractivity contribution in [2.75, 3.05) is 14.2 Å². The highest BCUT2D eigenvalue weighted by molar-refractivity contribution is 7.89. The van der Waals surface area contributed by atoms with Crippen molar-refractivity contribution in [2.45, 2.75) is 24.9 Å². The molecule has 2 aromatic heterocycles. The second-order valence-corrected chi connectivity index (χ2v) is 10.3. The third-order valence-corrected chi connectivity index (χ3v) is 8.03. The number of nitrogens with zero attached hydrogens (tertiary/aromatic N) is 3. The van der Waals surface area contributed by atoms with E-state index in [1.165, 1.54) is 53.2 Å². The van der Waals surface area contributed by atoms with Crippen LogP contribution in [0.1, 0.15) is 23.0 Å². The first-order chi connectivity index (χ1) is 15.8. The van der Waals surface area contributed by atoms with Crippen molar-refractivity contribution in [2.24, 2.45) is 4.99 Å². The summed E-state index contributed by atoms with van der Waals surface area (Å²) in [5, 5.41) is 0. The molecule has 0 saturated heterocycles. The van der Waals surface area contributed by atoms with Crippen molar-refractivity contribution in [3.8, 4) is 5.75 Å². The lowest BCUT2D eigenvalue weighted by Crippen LogP contribution is -2.26. The molecule has 0 aliphatic rings. The van der Waals surface area contributed by atoms with Crippen molar-refractivity contribution < 1.29 is 22.4 Å². The Hall–Kier alpha value is -3.21. The number of amides is 1. The van der Waals surface area contributed by atoms with E-state index < -0.39 is 15.9 Å². The SMILES string of the molecule is CCn1c(=NC(=O)c2ccc(S(=O)(=O)N(C)Cc3ccco3)cc2)sc2cccc(OC)c21. The number of rotatable bonds is 7. The number of ether oxygens (including phenoxy) is 1. The van der Waals surface area contributed by atoms with Crippen LogP contribution in [0.4, 0.5) is 0 Å². The van der Waals surface area contributed by atoms with E-state index in [4.69, 9.17) is 9.15 Å². The number of para-hydroxylation sites is 1. The molecule has 33 heavy (non-hydrogen) atoms. The molecule has 8 nitrogen and oxygen atoms in total. The van der Waals surface area contributed by atoms with Crippen molar-refractivity contribution in [3.63, 3.8) is 0 Å². The number of sulfonamides is 1. The molecule has 0 unspecified atom stereocenters. The van der Waals surface area contributed by atoms with Gasteiger partial charge >= 0.3 is 0 Å². The molecule has 4 rings (SSSR count). The van der Waals surface area contributed by atoms with Gasteiger partial charge in [-0.2, -0.15) is 9.30 Å². The molecule has 0 bridgehead atoms. The van der Waals surface area contributed by atoms with E-state index in [9.17, 15) is 13.2 Å². The summed E-state index contributed by atoms with van der Waals surface area (Å²) in [7, 11) is -0.652. The van der Waals surface area contributed by atoms with Crippen LogP contribution in [0.15, 0.2) is 75.2 Å². The summed E-state index contributed by atoms with van der Waals surface area (Å²) >= 11 is 1.40. The summed E-state index contributed by atoms with van der Waals surface area (Å²) in [4.78, 5) is 17.8. The maximum atomic E-state index is 12.8. The first-order valence-electron chi connectivity index (χ1n) is 10.2. The molecule has 172 valence electrons. The van der Waals surface area contributed by atoms with Crippen LogP contribution in [0.5, 0.6) is 5.75 Å². The minimum atomic E-state index is -3.74. The Morgan fingerprint density at radius 1 is 1.15 bits per heavy atom. The van der Waals surface area contributed by atoms with E-state index in [2.05, 4.69) is 4.99 Å². The van der Waals surface area contributed by atoms with Crippen LogP contribution in [0.3, 0.4) is 0 Å². The van der Waals surface area contributed by atoms with Gasteiger partial charge in [0.05, 0.1) is 29.5 Å². The Kier molecular flexibility index (Phi) is 6.50. The fourth-order valence-corrected chi connectivity index (χ4v) is 5.70. The fraction of sp³-hybridized carbons (Fsp3) is 0.217. The standard InChI is InChI=1S/C23H23N3O5S2/c1-4-26-21-19(30-3)8-5-9-20(21)32-23(26)24-22(27)16-10-12-18(13-11-16)33(28,29)25(2)15-17-7-6-14-31-17/h5-14H,4,15H2,1-3H3. The number of hydrogen-bond acceptors (Lipinski definition) is 6. The normalized spacial score (nSPS) is 12.5. The van der Waals surface area contributed by atoms with Crippen LogP contribution >= 0.6 is 11.3 Å². The van der Waals surface area contributed by atoms with E-state index in [-0.39, 0.29) is 11.4 Å². The highest BCUT2D eigenvalue weighted by Crippen LogP contribution is 2.27. The van der Waals surface area contributed by atoms with Crippen LogP contribution in [0.25, 0.3) is 10.2 Å². The molecular weight excluding hydrogens is 462 g/mol. The number of aryl methyl sites for hydroxylation is 1. The second kappa shape index (κ2) is 9.34. The largest absolute Gasteiger partial charge is 0.495 e. The number of carbonyl (C=O) groups excluding carboxylic acids is 1. The average molecular weight is 486 g/mol. The quantitative estimate of drug-likeness (QED) is 0.396. The first kappa shape index (κ1) is 23.0. The number of carbonyl (C=O) groups is 1. The highest BCUT2D eigenvalue weighted by atomic mass is 32.2. The monoisotopic (exact) mass is 485 g/mol. The van der Waals surface area contributed by atoms with Gasteiger partial charge in [-0.25, -0.2) is 8.42 Å². The minimum absolute atomic E-state index is 0.0864. The number of methoxy groups -OCH3 is 1. The molecular formula is C23H23N3O5S2. The second-order valence-electron chi connectivity index (χ2n) is 7.22. The number of aromatic nitrogens is 1. The summed E-state index contributed by atoms with van der Waals surface area (Å²) in [5.74, 6) is 0.805. The van der Waals surface area contributed by atoms with Crippen molar-refractivity contribution >= 4 is 37.5 Å². The molecule has 0 aliphatic heterocycles. The van der Waals surface area contributed by atoms with Crippen molar-refractivity contribution in [3.05, 3.63) is 77.0 Å². The Morgan fingerprint density at radius 2 is 1.91 bits per heavy atom. The smallest absolute Gasteiger partial charge is 0.279 e. The molecule has 2 aromatic carbocycles. The van der Waals surface area contributed by atoms with Crippen molar-refractivity contribution in [1.82, 2.24) is 8.87 Å². The maximum absolute atomic E-state index is 12.8. The lowest BCUT2D eigenvalue weighted by molar-refractivity contribution is 0.0997. The lowest BCUT2D eigenvalue weighted by atomic mass is 10.2. The summed E-state index contributed by atoms with van der Waals surface area (Å²) in [6.45, 7) is 2.70. The highest BCUT2D eigenvalue weighted by Gasteiger charge is 2.22. The number of fused-ring (bicyclic) bond motifs is 1. The zero-order chi connectivity index (χ0) is 23.6. The van der Waals surface area contributed by atoms with E-state index >= 15 is 0 Å². The molecule has 0 atom stereocenters. The van der Waals surface area contributed by atoms with E-state index in [0.29, 0.717) is 28.4 Å². The molecule has 1 amide bonds. The number of thiazole rings is 1. The van der Waals surface area contributed by atoms with Gasteiger partial charge in [-0.15, -0.1) is 0 Å². The van der Waals surface area contributed by atoms with E-state index in [1.54, 1.807) is 19.2 Å². The van der Waals surface area contributed by atoms with Gasteiger partial charge in [0.25, 0.3) is 5.91 Å². The van der Waals surface area contributed by atoms with Crippen LogP contribution in [0, 0.1) is 0 Å². The van der Waals surface area contributed by atoms with Gasteiger partial charge in [-0.3, -0.25) is 4.79 Å². The van der Waals surface area contributed by atoms with Gasteiger partial charge in [0.15, 0.2) is 4.80 Å². The maximum Gasteiger partial charge on any atom is 0.279 e. The molecule has 0 spiro atoms. The summed E-state index contributed by atoms with van der Waals surface area (Å²) in [6, 6.07) is 14.9. The predicted octanol–water partition coefficient (Wildman–Crippen LogP) is 3.89. The Morgan fingerprint density at radius 3 is 2.55 bits per heavy atom. The van der Waals surface area contributed by atoms with Gasteiger partial charge in [0.2, 0.25) is 10.0 Å². The molecule has 0 radical (unpaired) electrons. The minimum Gasteiger partial charge on any atom is -0.495 e. The topological polar surface area (TPSA) is 94.1 Å². The molecule has 2 heterocycles. The Bertz CT molecular complexity index is 1450. The van der Waals surface area contributed by atoms with Crippen LogP contribution in [-0.4, -0.2) is 37.4 Å². The zero-order valence-electron chi connectivity index (χ0n) is 18.4. The molecule has 4 aromatic rings. The van der Waals surface area contributed by atoms with E-state index in [0.717, 1.165) is 10.2 Å². The summed E-state index contributed by atoms with van der Waals surface area (Å²) < 4.78 is 40.4. The average Bonchev–Trinajstić information content (AvgIpc) is 3.45. The molecule has 0 N–H and O–H groups in total. The van der Waals surface area contributed by atoms with Gasteiger partial charge in [-0.1, -0.05) is 17.4 Å². The summed E-state index contributed by atoms with van der Waals surface area (Å²) in [5.41, 5.74) is 1.19. The molecule has 0 aliphatic carbocycles. The van der Waals surface area contributed by atoms with Gasteiger partial charge in [-0.05, 0) is 55.5 Å². The Labute approximate surface area is 195 Å². The fourth-order valence-electron chi connectivity index (χ4n) is 3.45. The Balaban J connectivity index is 1.62. The zero-order valence-corrected chi connectivity index (χ0v) is 20.0. The molecule has 0 fully saturated rings. The van der Waals surface area contributed by atoms with Crippen molar-refractivity contribution in [1.29, 1.82) is 0 Å². The molecule has 10 heteroatoms. The third kappa shape index (κ3) is 4.50.